The Labute approximate surface area is 217 Å². The van der Waals surface area contributed by atoms with E-state index in [1.807, 2.05) is 20.8 Å². The van der Waals surface area contributed by atoms with Crippen molar-refractivity contribution >= 4 is 24.2 Å². The number of hydrogen-bond donors (Lipinski definition) is 1. The van der Waals surface area contributed by atoms with Crippen molar-refractivity contribution in [2.45, 2.75) is 71.8 Å². The van der Waals surface area contributed by atoms with Crippen LogP contribution in [0.5, 0.6) is 11.5 Å². The summed E-state index contributed by atoms with van der Waals surface area (Å²) in [6, 6.07) is 4.33. The lowest BCUT2D eigenvalue weighted by molar-refractivity contribution is -0.153. The van der Waals surface area contributed by atoms with Gasteiger partial charge in [-0.1, -0.05) is 40.2 Å². The summed E-state index contributed by atoms with van der Waals surface area (Å²) in [6.45, 7) is 7.60. The maximum atomic E-state index is 12.6. The van der Waals surface area contributed by atoms with Crippen LogP contribution in [0.15, 0.2) is 18.2 Å². The second kappa shape index (κ2) is 16.4. The zero-order chi connectivity index (χ0) is 27.8. The molecule has 0 heterocycles. The molecule has 0 saturated carbocycles. The largest absolute Gasteiger partial charge is 0.513 e. The molecule has 1 unspecified atom stereocenters. The lowest BCUT2D eigenvalue weighted by atomic mass is 9.88. The Morgan fingerprint density at radius 2 is 1.46 bits per heavy atom. The van der Waals surface area contributed by atoms with Crippen molar-refractivity contribution in [3.8, 4) is 11.5 Å². The third-order valence-corrected chi connectivity index (χ3v) is 5.27. The SMILES string of the molecule is CCCOC(=O)Oc1ccc(CC(N)(CCOC(=O)[C@@H](C)CCC)C(=O)OC)cc1OC(=O)OCCC. The quantitative estimate of drug-likeness (QED) is 0.198. The highest BCUT2D eigenvalue weighted by Gasteiger charge is 2.36. The molecule has 11 heteroatoms. The zero-order valence-corrected chi connectivity index (χ0v) is 22.3. The van der Waals surface area contributed by atoms with Gasteiger partial charge in [0.15, 0.2) is 11.5 Å². The first-order chi connectivity index (χ1) is 17.6. The van der Waals surface area contributed by atoms with Gasteiger partial charge in [0.25, 0.3) is 0 Å². The van der Waals surface area contributed by atoms with E-state index >= 15 is 0 Å². The van der Waals surface area contributed by atoms with Crippen molar-refractivity contribution in [1.29, 1.82) is 0 Å². The number of methoxy groups -OCH3 is 1. The van der Waals surface area contributed by atoms with Crippen molar-refractivity contribution in [2.75, 3.05) is 26.9 Å². The standard InChI is InChI=1S/C26H39NO10/c1-6-9-18(4)22(28)33-15-12-26(27,23(29)32-5)17-19-10-11-20(36-24(30)34-13-7-2)21(16-19)37-25(31)35-14-8-3/h10-11,16,18H,6-9,12-15,17,27H2,1-5H3/t18-,26?/m0/s1. The summed E-state index contributed by atoms with van der Waals surface area (Å²) in [5, 5.41) is 0. The molecule has 1 aromatic carbocycles. The van der Waals surface area contributed by atoms with Crippen LogP contribution in [0.1, 0.15) is 65.4 Å². The highest BCUT2D eigenvalue weighted by atomic mass is 16.7. The summed E-state index contributed by atoms with van der Waals surface area (Å²) >= 11 is 0. The van der Waals surface area contributed by atoms with Crippen molar-refractivity contribution in [3.05, 3.63) is 23.8 Å². The molecule has 0 amide bonds. The van der Waals surface area contributed by atoms with Crippen molar-refractivity contribution < 1.29 is 47.6 Å². The van der Waals surface area contributed by atoms with Crippen molar-refractivity contribution in [2.24, 2.45) is 11.7 Å². The van der Waals surface area contributed by atoms with E-state index in [-0.39, 0.29) is 56.0 Å². The minimum absolute atomic E-state index is 0.0133. The molecule has 11 nitrogen and oxygen atoms in total. The molecule has 0 saturated heterocycles. The maximum absolute atomic E-state index is 12.6. The van der Waals surface area contributed by atoms with Gasteiger partial charge in [-0.05, 0) is 37.0 Å². The van der Waals surface area contributed by atoms with Crippen LogP contribution in [0.3, 0.4) is 0 Å². The van der Waals surface area contributed by atoms with E-state index in [4.69, 9.17) is 34.2 Å². The van der Waals surface area contributed by atoms with Gasteiger partial charge in [-0.2, -0.15) is 0 Å². The van der Waals surface area contributed by atoms with E-state index in [9.17, 15) is 19.2 Å². The van der Waals surface area contributed by atoms with E-state index in [0.717, 1.165) is 6.42 Å². The molecule has 0 aliphatic heterocycles. The summed E-state index contributed by atoms with van der Waals surface area (Å²) in [5.41, 5.74) is 5.31. The molecule has 0 aromatic heterocycles. The molecular weight excluding hydrogens is 486 g/mol. The molecule has 0 spiro atoms. The number of rotatable bonds is 15. The summed E-state index contributed by atoms with van der Waals surface area (Å²) in [5.74, 6) is -1.55. The molecule has 0 radical (unpaired) electrons. The summed E-state index contributed by atoms with van der Waals surface area (Å²) < 4.78 is 30.5. The van der Waals surface area contributed by atoms with Gasteiger partial charge in [0.1, 0.15) is 5.54 Å². The third kappa shape index (κ3) is 11.1. The number of benzene rings is 1. The topological polar surface area (TPSA) is 150 Å². The first kappa shape index (κ1) is 31.7. The molecular formula is C26H39NO10. The Kier molecular flexibility index (Phi) is 14.1. The number of ether oxygens (including phenoxy) is 6. The Bertz CT molecular complexity index is 903. The Balaban J connectivity index is 3.11. The van der Waals surface area contributed by atoms with E-state index in [1.165, 1.54) is 19.2 Å². The normalized spacial score (nSPS) is 13.0. The van der Waals surface area contributed by atoms with Crippen molar-refractivity contribution in [3.63, 3.8) is 0 Å². The van der Waals surface area contributed by atoms with Crippen LogP contribution >= 0.6 is 0 Å². The smallest absolute Gasteiger partial charge is 0.468 e. The Morgan fingerprint density at radius 3 is 2.00 bits per heavy atom. The molecule has 2 N–H and O–H groups in total. The monoisotopic (exact) mass is 525 g/mol. The minimum Gasteiger partial charge on any atom is -0.468 e. The average molecular weight is 526 g/mol. The first-order valence-electron chi connectivity index (χ1n) is 12.5. The molecule has 1 rings (SSSR count). The number of carbonyl (C=O) groups is 4. The van der Waals surface area contributed by atoms with Gasteiger partial charge in [-0.3, -0.25) is 9.59 Å². The molecule has 1 aromatic rings. The van der Waals surface area contributed by atoms with Crippen LogP contribution in [0.2, 0.25) is 0 Å². The summed E-state index contributed by atoms with van der Waals surface area (Å²) in [7, 11) is 1.20. The number of carbonyl (C=O) groups excluding carboxylic acids is 4. The van der Waals surface area contributed by atoms with E-state index in [0.29, 0.717) is 24.8 Å². The number of nitrogens with two attached hydrogens (primary N) is 1. The van der Waals surface area contributed by atoms with Crippen molar-refractivity contribution in [1.82, 2.24) is 0 Å². The van der Waals surface area contributed by atoms with Gasteiger partial charge in [0.05, 0.1) is 32.8 Å². The fourth-order valence-electron chi connectivity index (χ4n) is 3.29. The highest BCUT2D eigenvalue weighted by molar-refractivity contribution is 5.81. The van der Waals surface area contributed by atoms with Crippen LogP contribution in [0, 0.1) is 5.92 Å². The molecule has 0 aliphatic rings. The Hall–Kier alpha value is -3.34. The van der Waals surface area contributed by atoms with Gasteiger partial charge in [-0.25, -0.2) is 9.59 Å². The molecule has 208 valence electrons. The second-order valence-corrected chi connectivity index (χ2v) is 8.61. The van der Waals surface area contributed by atoms with Crippen LogP contribution in [-0.2, 0) is 35.0 Å². The van der Waals surface area contributed by atoms with Crippen LogP contribution in [0.25, 0.3) is 0 Å². The minimum atomic E-state index is -1.55. The fourth-order valence-corrected chi connectivity index (χ4v) is 3.29. The van der Waals surface area contributed by atoms with Gasteiger partial charge >= 0.3 is 24.2 Å². The van der Waals surface area contributed by atoms with Crippen LogP contribution < -0.4 is 15.2 Å². The molecule has 37 heavy (non-hydrogen) atoms. The number of hydrogen-bond acceptors (Lipinski definition) is 11. The lowest BCUT2D eigenvalue weighted by Crippen LogP contribution is -2.51. The Morgan fingerprint density at radius 1 is 0.865 bits per heavy atom. The fraction of sp³-hybridized carbons (Fsp3) is 0.615. The van der Waals surface area contributed by atoms with E-state index in [1.54, 1.807) is 13.0 Å². The van der Waals surface area contributed by atoms with E-state index < -0.39 is 23.8 Å². The summed E-state index contributed by atoms with van der Waals surface area (Å²) in [4.78, 5) is 48.7. The molecule has 0 aliphatic carbocycles. The van der Waals surface area contributed by atoms with Crippen LogP contribution in [0.4, 0.5) is 9.59 Å². The van der Waals surface area contributed by atoms with Crippen LogP contribution in [-0.4, -0.2) is 56.7 Å². The van der Waals surface area contributed by atoms with Gasteiger partial charge in [0.2, 0.25) is 0 Å². The van der Waals surface area contributed by atoms with Gasteiger partial charge in [0, 0.05) is 12.8 Å². The predicted octanol–water partition coefficient (Wildman–Crippen LogP) is 4.32. The molecule has 0 bridgehead atoms. The third-order valence-electron chi connectivity index (χ3n) is 5.27. The molecule has 0 fully saturated rings. The second-order valence-electron chi connectivity index (χ2n) is 8.61. The predicted molar refractivity (Wildman–Crippen MR) is 133 cm³/mol. The van der Waals surface area contributed by atoms with Gasteiger partial charge < -0.3 is 34.2 Å². The number of esters is 2. The highest BCUT2D eigenvalue weighted by Crippen LogP contribution is 2.31. The van der Waals surface area contributed by atoms with E-state index in [2.05, 4.69) is 0 Å². The average Bonchev–Trinajstić information content (AvgIpc) is 2.87. The van der Waals surface area contributed by atoms with Gasteiger partial charge in [-0.15, -0.1) is 0 Å². The molecule has 2 atom stereocenters. The maximum Gasteiger partial charge on any atom is 0.513 e. The lowest BCUT2D eigenvalue weighted by Gasteiger charge is -2.27. The first-order valence-corrected chi connectivity index (χ1v) is 12.5. The summed E-state index contributed by atoms with van der Waals surface area (Å²) in [6.07, 6.45) is 0.676. The zero-order valence-electron chi connectivity index (χ0n) is 22.3.